The second kappa shape index (κ2) is 11.0. The first-order valence-corrected chi connectivity index (χ1v) is 9.35. The molecular weight excluding hydrogens is 359 g/mol. The number of aliphatic imine (C=N–C) groups is 1. The van der Waals surface area contributed by atoms with Crippen LogP contribution in [0.5, 0.6) is 5.75 Å². The van der Waals surface area contributed by atoms with Crippen molar-refractivity contribution in [3.05, 3.63) is 29.8 Å². The van der Waals surface area contributed by atoms with Crippen molar-refractivity contribution in [3.8, 4) is 5.75 Å². The number of hydrogen-bond acceptors (Lipinski definition) is 3. The van der Waals surface area contributed by atoms with E-state index in [0.717, 1.165) is 18.9 Å². The van der Waals surface area contributed by atoms with E-state index in [-0.39, 0.29) is 12.3 Å². The highest BCUT2D eigenvalue weighted by Crippen LogP contribution is 2.28. The summed E-state index contributed by atoms with van der Waals surface area (Å²) >= 11 is 0. The Morgan fingerprint density at radius 2 is 2.00 bits per heavy atom. The van der Waals surface area contributed by atoms with Gasteiger partial charge in [-0.15, -0.1) is 0 Å². The summed E-state index contributed by atoms with van der Waals surface area (Å²) < 4.78 is 47.6. The van der Waals surface area contributed by atoms with Crippen LogP contribution in [0.3, 0.4) is 0 Å². The lowest BCUT2D eigenvalue weighted by molar-refractivity contribution is -0.153. The summed E-state index contributed by atoms with van der Waals surface area (Å²) in [7, 11) is 0. The largest absolute Gasteiger partial charge is 0.484 e. The predicted octanol–water partition coefficient (Wildman–Crippen LogP) is 3.50. The van der Waals surface area contributed by atoms with E-state index in [4.69, 9.17) is 9.47 Å². The van der Waals surface area contributed by atoms with Crippen molar-refractivity contribution in [2.75, 3.05) is 32.9 Å². The molecule has 1 aromatic carbocycles. The molecule has 0 amide bonds. The Balaban J connectivity index is 1.80. The SMILES string of the molecule is CCNC(=NCc1ccccc1OCC(F)(F)F)NCCCOCC1CC1. The summed E-state index contributed by atoms with van der Waals surface area (Å²) in [5.74, 6) is 1.57. The van der Waals surface area contributed by atoms with Gasteiger partial charge in [-0.3, -0.25) is 0 Å². The molecule has 0 bridgehead atoms. The third-order valence-corrected chi connectivity index (χ3v) is 3.92. The van der Waals surface area contributed by atoms with E-state index in [1.165, 1.54) is 18.9 Å². The van der Waals surface area contributed by atoms with Crippen molar-refractivity contribution in [3.63, 3.8) is 0 Å². The van der Waals surface area contributed by atoms with Gasteiger partial charge in [-0.1, -0.05) is 18.2 Å². The highest BCUT2D eigenvalue weighted by Gasteiger charge is 2.28. The number of nitrogens with zero attached hydrogens (tertiary/aromatic N) is 1. The van der Waals surface area contributed by atoms with E-state index in [9.17, 15) is 13.2 Å². The van der Waals surface area contributed by atoms with Crippen LogP contribution in [-0.2, 0) is 11.3 Å². The van der Waals surface area contributed by atoms with E-state index in [1.54, 1.807) is 18.2 Å². The van der Waals surface area contributed by atoms with Crippen LogP contribution in [0.25, 0.3) is 0 Å². The molecule has 0 atom stereocenters. The Morgan fingerprint density at radius 1 is 1.22 bits per heavy atom. The molecule has 0 spiro atoms. The first kappa shape index (κ1) is 21.3. The predicted molar refractivity (Wildman–Crippen MR) is 99.0 cm³/mol. The van der Waals surface area contributed by atoms with Gasteiger partial charge in [0.2, 0.25) is 0 Å². The maximum atomic E-state index is 12.4. The lowest BCUT2D eigenvalue weighted by Gasteiger charge is -2.14. The molecule has 0 aliphatic heterocycles. The Hall–Kier alpha value is -1.96. The summed E-state index contributed by atoms with van der Waals surface area (Å²) in [6.45, 7) is 3.82. The lowest BCUT2D eigenvalue weighted by Crippen LogP contribution is -2.38. The van der Waals surface area contributed by atoms with Gasteiger partial charge in [0, 0.05) is 31.9 Å². The van der Waals surface area contributed by atoms with Gasteiger partial charge < -0.3 is 20.1 Å². The summed E-state index contributed by atoms with van der Waals surface area (Å²) in [5, 5.41) is 6.33. The molecule has 8 heteroatoms. The minimum absolute atomic E-state index is 0.197. The monoisotopic (exact) mass is 387 g/mol. The zero-order valence-electron chi connectivity index (χ0n) is 15.6. The maximum Gasteiger partial charge on any atom is 0.422 e. The van der Waals surface area contributed by atoms with Crippen LogP contribution in [0.2, 0.25) is 0 Å². The van der Waals surface area contributed by atoms with Crippen molar-refractivity contribution in [2.24, 2.45) is 10.9 Å². The average Bonchev–Trinajstić information content (AvgIpc) is 3.45. The number of para-hydroxylation sites is 1. The summed E-state index contributed by atoms with van der Waals surface area (Å²) in [6.07, 6.45) is -0.940. The molecule has 0 heterocycles. The highest BCUT2D eigenvalue weighted by atomic mass is 19.4. The molecule has 1 aliphatic rings. The van der Waals surface area contributed by atoms with Gasteiger partial charge in [0.05, 0.1) is 6.54 Å². The second-order valence-corrected chi connectivity index (χ2v) is 6.51. The Bertz CT molecular complexity index is 590. The normalized spacial score (nSPS) is 14.9. The number of alkyl halides is 3. The van der Waals surface area contributed by atoms with E-state index in [0.29, 0.717) is 31.2 Å². The van der Waals surface area contributed by atoms with Crippen LogP contribution in [0.15, 0.2) is 29.3 Å². The molecule has 27 heavy (non-hydrogen) atoms. The van der Waals surface area contributed by atoms with E-state index >= 15 is 0 Å². The number of rotatable bonds is 11. The molecule has 1 saturated carbocycles. The lowest BCUT2D eigenvalue weighted by atomic mass is 10.2. The molecule has 2 rings (SSSR count). The van der Waals surface area contributed by atoms with Crippen molar-refractivity contribution in [2.45, 2.75) is 38.9 Å². The molecule has 5 nitrogen and oxygen atoms in total. The van der Waals surface area contributed by atoms with Crippen molar-refractivity contribution in [1.29, 1.82) is 0 Å². The first-order valence-electron chi connectivity index (χ1n) is 9.35. The van der Waals surface area contributed by atoms with Crippen LogP contribution < -0.4 is 15.4 Å². The molecule has 1 aliphatic carbocycles. The van der Waals surface area contributed by atoms with Gasteiger partial charge in [0.25, 0.3) is 0 Å². The van der Waals surface area contributed by atoms with Crippen LogP contribution in [0, 0.1) is 5.92 Å². The smallest absolute Gasteiger partial charge is 0.422 e. The molecule has 0 saturated heterocycles. The highest BCUT2D eigenvalue weighted by molar-refractivity contribution is 5.79. The average molecular weight is 387 g/mol. The fourth-order valence-corrected chi connectivity index (χ4v) is 2.36. The summed E-state index contributed by atoms with van der Waals surface area (Å²) in [6, 6.07) is 6.63. The Kier molecular flexibility index (Phi) is 8.71. The summed E-state index contributed by atoms with van der Waals surface area (Å²) in [4.78, 5) is 4.44. The Labute approximate surface area is 158 Å². The molecule has 1 aromatic rings. The number of hydrogen-bond donors (Lipinski definition) is 2. The third-order valence-electron chi connectivity index (χ3n) is 3.92. The van der Waals surface area contributed by atoms with E-state index < -0.39 is 12.8 Å². The molecule has 0 unspecified atom stereocenters. The van der Waals surface area contributed by atoms with Crippen molar-refractivity contribution in [1.82, 2.24) is 10.6 Å². The summed E-state index contributed by atoms with van der Waals surface area (Å²) in [5.41, 5.74) is 0.603. The number of nitrogens with one attached hydrogen (secondary N) is 2. The van der Waals surface area contributed by atoms with E-state index in [2.05, 4.69) is 15.6 Å². The van der Waals surface area contributed by atoms with Gasteiger partial charge in [-0.05, 0) is 38.2 Å². The van der Waals surface area contributed by atoms with Gasteiger partial charge in [-0.25, -0.2) is 4.99 Å². The zero-order valence-corrected chi connectivity index (χ0v) is 15.6. The number of halogens is 3. The minimum Gasteiger partial charge on any atom is -0.484 e. The first-order chi connectivity index (χ1) is 13.0. The standard InChI is InChI=1S/C19H28F3N3O2/c1-2-23-18(24-10-5-11-26-13-15-8-9-15)25-12-16-6-3-4-7-17(16)27-14-19(20,21)22/h3-4,6-7,15H,2,5,8-14H2,1H3,(H2,23,24,25). The Morgan fingerprint density at radius 3 is 2.70 bits per heavy atom. The van der Waals surface area contributed by atoms with E-state index in [1.807, 2.05) is 6.92 Å². The number of guanidine groups is 1. The quantitative estimate of drug-likeness (QED) is 0.347. The fraction of sp³-hybridized carbons (Fsp3) is 0.632. The number of benzene rings is 1. The maximum absolute atomic E-state index is 12.4. The fourth-order valence-electron chi connectivity index (χ4n) is 2.36. The molecular formula is C19H28F3N3O2. The minimum atomic E-state index is -4.37. The molecule has 2 N–H and O–H groups in total. The van der Waals surface area contributed by atoms with Crippen LogP contribution in [0.1, 0.15) is 31.7 Å². The topological polar surface area (TPSA) is 54.9 Å². The van der Waals surface area contributed by atoms with Gasteiger partial charge >= 0.3 is 6.18 Å². The van der Waals surface area contributed by atoms with Gasteiger partial charge in [0.1, 0.15) is 5.75 Å². The third kappa shape index (κ3) is 9.51. The van der Waals surface area contributed by atoms with Crippen molar-refractivity contribution < 1.29 is 22.6 Å². The molecule has 1 fully saturated rings. The number of ether oxygens (including phenoxy) is 2. The molecule has 0 aromatic heterocycles. The second-order valence-electron chi connectivity index (χ2n) is 6.51. The molecule has 152 valence electrons. The van der Waals surface area contributed by atoms with Gasteiger partial charge in [0.15, 0.2) is 12.6 Å². The van der Waals surface area contributed by atoms with Crippen LogP contribution >= 0.6 is 0 Å². The van der Waals surface area contributed by atoms with Crippen LogP contribution in [0.4, 0.5) is 13.2 Å². The van der Waals surface area contributed by atoms with Crippen LogP contribution in [-0.4, -0.2) is 45.0 Å². The zero-order chi connectivity index (χ0) is 19.5. The molecule has 0 radical (unpaired) electrons. The van der Waals surface area contributed by atoms with Crippen molar-refractivity contribution >= 4 is 5.96 Å². The van der Waals surface area contributed by atoms with Gasteiger partial charge in [-0.2, -0.15) is 13.2 Å².